The van der Waals surface area contributed by atoms with Gasteiger partial charge in [0, 0.05) is 6.54 Å². The smallest absolute Gasteiger partial charge is 0.272 e. The molecule has 4 rings (SSSR count). The molecule has 122 valence electrons. The minimum absolute atomic E-state index is 0.0268. The summed E-state index contributed by atoms with van der Waals surface area (Å²) in [5.41, 5.74) is 3.69. The zero-order chi connectivity index (χ0) is 16.7. The van der Waals surface area contributed by atoms with Gasteiger partial charge in [-0.15, -0.1) is 0 Å². The molecule has 1 amide bonds. The van der Waals surface area contributed by atoms with Crippen LogP contribution in [0.15, 0.2) is 36.4 Å². The molecule has 3 heterocycles. The second kappa shape index (κ2) is 5.70. The summed E-state index contributed by atoms with van der Waals surface area (Å²) in [4.78, 5) is 19.2. The summed E-state index contributed by atoms with van der Waals surface area (Å²) in [6.45, 7) is 2.57. The zero-order valence-corrected chi connectivity index (χ0v) is 13.3. The van der Waals surface area contributed by atoms with Crippen molar-refractivity contribution in [3.05, 3.63) is 59.2 Å². The Morgan fingerprint density at radius 3 is 2.83 bits per heavy atom. The van der Waals surface area contributed by atoms with Crippen molar-refractivity contribution in [1.29, 1.82) is 0 Å². The second-order valence-electron chi connectivity index (χ2n) is 6.12. The Morgan fingerprint density at radius 2 is 2.04 bits per heavy atom. The molecule has 1 N–H and O–H groups in total. The summed E-state index contributed by atoms with van der Waals surface area (Å²) in [6.07, 6.45) is 1.81. The van der Waals surface area contributed by atoms with Crippen molar-refractivity contribution < 1.29 is 9.18 Å². The number of hydrogen-bond acceptors (Lipinski definition) is 3. The first-order valence-corrected chi connectivity index (χ1v) is 8.01. The van der Waals surface area contributed by atoms with Crippen LogP contribution in [0.2, 0.25) is 0 Å². The van der Waals surface area contributed by atoms with Crippen LogP contribution in [-0.4, -0.2) is 32.5 Å². The van der Waals surface area contributed by atoms with Crippen LogP contribution in [0.1, 0.15) is 40.6 Å². The number of carbonyl (C=O) groups is 1. The Morgan fingerprint density at radius 1 is 1.25 bits per heavy atom. The van der Waals surface area contributed by atoms with Crippen molar-refractivity contribution in [2.24, 2.45) is 0 Å². The van der Waals surface area contributed by atoms with E-state index in [1.807, 2.05) is 17.9 Å². The molecule has 0 saturated carbocycles. The van der Waals surface area contributed by atoms with Crippen LogP contribution < -0.4 is 0 Å². The number of benzene rings is 1. The largest absolute Gasteiger partial charge is 0.330 e. The molecule has 3 aromatic rings. The number of carbonyl (C=O) groups excluding carboxylic acids is 1. The van der Waals surface area contributed by atoms with Crippen LogP contribution in [0, 0.1) is 12.7 Å². The van der Waals surface area contributed by atoms with Gasteiger partial charge in [0.15, 0.2) is 0 Å². The van der Waals surface area contributed by atoms with E-state index in [1.165, 1.54) is 12.1 Å². The molecule has 0 radical (unpaired) electrons. The van der Waals surface area contributed by atoms with Gasteiger partial charge < -0.3 is 4.90 Å². The third kappa shape index (κ3) is 2.44. The fourth-order valence-corrected chi connectivity index (χ4v) is 3.32. The lowest BCUT2D eigenvalue weighted by Gasteiger charge is -2.24. The third-order valence-electron chi connectivity index (χ3n) is 4.56. The van der Waals surface area contributed by atoms with Crippen LogP contribution in [0.3, 0.4) is 0 Å². The lowest BCUT2D eigenvalue weighted by molar-refractivity contribution is 0.0730. The summed E-state index contributed by atoms with van der Waals surface area (Å²) in [5.74, 6) is -0.360. The molecule has 0 aliphatic carbocycles. The second-order valence-corrected chi connectivity index (χ2v) is 6.12. The molecular formula is C18H17FN4O. The first-order chi connectivity index (χ1) is 11.6. The first kappa shape index (κ1) is 14.8. The molecule has 2 aromatic heterocycles. The number of fused-ring (bicyclic) bond motifs is 1. The van der Waals surface area contributed by atoms with Crippen LogP contribution in [0.5, 0.6) is 0 Å². The van der Waals surface area contributed by atoms with Crippen molar-refractivity contribution in [2.45, 2.75) is 25.8 Å². The topological polar surface area (TPSA) is 61.9 Å². The predicted octanol–water partition coefficient (Wildman–Crippen LogP) is 3.38. The summed E-state index contributed by atoms with van der Waals surface area (Å²) < 4.78 is 13.2. The number of H-pyrrole nitrogens is 1. The van der Waals surface area contributed by atoms with Crippen molar-refractivity contribution in [3.63, 3.8) is 0 Å². The number of aromatic amines is 1. The highest BCUT2D eigenvalue weighted by Crippen LogP contribution is 2.33. The van der Waals surface area contributed by atoms with Crippen molar-refractivity contribution >= 4 is 16.9 Å². The molecule has 6 heteroatoms. The Kier molecular flexibility index (Phi) is 3.52. The fraction of sp³-hybridized carbons (Fsp3) is 0.278. The minimum atomic E-state index is -0.267. The van der Waals surface area contributed by atoms with Crippen LogP contribution in [-0.2, 0) is 0 Å². The number of nitrogens with zero attached hydrogens (tertiary/aromatic N) is 3. The normalized spacial score (nSPS) is 17.6. The predicted molar refractivity (Wildman–Crippen MR) is 88.0 cm³/mol. The van der Waals surface area contributed by atoms with Gasteiger partial charge >= 0.3 is 0 Å². The molecule has 1 aromatic carbocycles. The highest BCUT2D eigenvalue weighted by atomic mass is 19.1. The summed E-state index contributed by atoms with van der Waals surface area (Å²) in [5, 5.41) is 7.02. The van der Waals surface area contributed by atoms with E-state index in [0.29, 0.717) is 12.2 Å². The molecule has 1 aliphatic heterocycles. The van der Waals surface area contributed by atoms with Gasteiger partial charge in [0.25, 0.3) is 5.91 Å². The van der Waals surface area contributed by atoms with Gasteiger partial charge in [-0.25, -0.2) is 9.37 Å². The maximum atomic E-state index is 13.2. The van der Waals surface area contributed by atoms with Crippen molar-refractivity contribution in [2.75, 3.05) is 6.54 Å². The first-order valence-electron chi connectivity index (χ1n) is 8.01. The SMILES string of the molecule is Cc1[nH]nc2ccc(C(=O)N3CCC[C@H]3c3ccc(F)cc3)nc12. The number of halogens is 1. The van der Waals surface area contributed by atoms with Gasteiger partial charge in [0.2, 0.25) is 0 Å². The van der Waals surface area contributed by atoms with Gasteiger partial charge in [-0.1, -0.05) is 12.1 Å². The molecule has 5 nitrogen and oxygen atoms in total. The molecule has 0 spiro atoms. The maximum Gasteiger partial charge on any atom is 0.272 e. The average Bonchev–Trinajstić information content (AvgIpc) is 3.22. The molecule has 1 aliphatic rings. The highest BCUT2D eigenvalue weighted by molar-refractivity contribution is 5.95. The summed E-state index contributed by atoms with van der Waals surface area (Å²) >= 11 is 0. The van der Waals surface area contributed by atoms with E-state index < -0.39 is 0 Å². The van der Waals surface area contributed by atoms with E-state index >= 15 is 0 Å². The van der Waals surface area contributed by atoms with Crippen LogP contribution >= 0.6 is 0 Å². The lowest BCUT2D eigenvalue weighted by Crippen LogP contribution is -2.31. The van der Waals surface area contributed by atoms with Gasteiger partial charge in [0.1, 0.15) is 22.5 Å². The van der Waals surface area contributed by atoms with E-state index in [0.717, 1.165) is 35.1 Å². The molecule has 0 unspecified atom stereocenters. The zero-order valence-electron chi connectivity index (χ0n) is 13.3. The number of hydrogen-bond donors (Lipinski definition) is 1. The van der Waals surface area contributed by atoms with Crippen LogP contribution in [0.4, 0.5) is 4.39 Å². The van der Waals surface area contributed by atoms with E-state index in [1.54, 1.807) is 18.2 Å². The van der Waals surface area contributed by atoms with E-state index in [2.05, 4.69) is 15.2 Å². The van der Waals surface area contributed by atoms with Gasteiger partial charge in [-0.3, -0.25) is 9.89 Å². The van der Waals surface area contributed by atoms with E-state index in [4.69, 9.17) is 0 Å². The van der Waals surface area contributed by atoms with E-state index in [9.17, 15) is 9.18 Å². The van der Waals surface area contributed by atoms with Gasteiger partial charge in [-0.05, 0) is 49.6 Å². The lowest BCUT2D eigenvalue weighted by atomic mass is 10.0. The number of nitrogens with one attached hydrogen (secondary N) is 1. The van der Waals surface area contributed by atoms with Crippen LogP contribution in [0.25, 0.3) is 11.0 Å². The monoisotopic (exact) mass is 324 g/mol. The Labute approximate surface area is 138 Å². The Balaban J connectivity index is 1.66. The number of rotatable bonds is 2. The highest BCUT2D eigenvalue weighted by Gasteiger charge is 2.31. The number of amides is 1. The number of aryl methyl sites for hydroxylation is 1. The maximum absolute atomic E-state index is 13.2. The third-order valence-corrected chi connectivity index (χ3v) is 4.56. The molecule has 1 saturated heterocycles. The van der Waals surface area contributed by atoms with Crippen molar-refractivity contribution in [3.8, 4) is 0 Å². The van der Waals surface area contributed by atoms with Gasteiger partial charge in [-0.2, -0.15) is 5.10 Å². The number of pyridine rings is 1. The standard InChI is InChI=1S/C18H17FN4O/c1-11-17-14(22-21-11)8-9-15(20-17)18(24)23-10-2-3-16(23)12-4-6-13(19)7-5-12/h4-9,16H,2-3,10H2,1H3,(H,21,22)/t16-/m0/s1. The number of aromatic nitrogens is 3. The van der Waals surface area contributed by atoms with E-state index in [-0.39, 0.29) is 17.8 Å². The Bertz CT molecular complexity index is 903. The average molecular weight is 324 g/mol. The Hall–Kier alpha value is -2.76. The summed E-state index contributed by atoms with van der Waals surface area (Å²) in [6, 6.07) is 9.88. The molecule has 1 fully saturated rings. The fourth-order valence-electron chi connectivity index (χ4n) is 3.32. The molecular weight excluding hydrogens is 307 g/mol. The number of likely N-dealkylation sites (tertiary alicyclic amines) is 1. The van der Waals surface area contributed by atoms with Gasteiger partial charge in [0.05, 0.1) is 11.7 Å². The summed E-state index contributed by atoms with van der Waals surface area (Å²) in [7, 11) is 0. The molecule has 0 bridgehead atoms. The minimum Gasteiger partial charge on any atom is -0.330 e. The quantitative estimate of drug-likeness (QED) is 0.786. The molecule has 24 heavy (non-hydrogen) atoms. The molecule has 1 atom stereocenters. The van der Waals surface area contributed by atoms with Crippen molar-refractivity contribution in [1.82, 2.24) is 20.1 Å².